The predicted molar refractivity (Wildman–Crippen MR) is 75.0 cm³/mol. The average molecular weight is 297 g/mol. The van der Waals surface area contributed by atoms with E-state index in [1.165, 1.54) is 0 Å². The van der Waals surface area contributed by atoms with Gasteiger partial charge in [-0.05, 0) is 44.2 Å². The predicted octanol–water partition coefficient (Wildman–Crippen LogP) is 1.79. The second kappa shape index (κ2) is 5.54. The van der Waals surface area contributed by atoms with E-state index in [0.29, 0.717) is 18.0 Å². The van der Waals surface area contributed by atoms with Crippen LogP contribution in [0.1, 0.15) is 24.0 Å². The Kier molecular flexibility index (Phi) is 4.15. The fourth-order valence-electron chi connectivity index (χ4n) is 2.21. The third-order valence-electron chi connectivity index (χ3n) is 3.42. The van der Waals surface area contributed by atoms with Crippen molar-refractivity contribution in [3.63, 3.8) is 0 Å². The van der Waals surface area contributed by atoms with Crippen LogP contribution in [-0.2, 0) is 14.8 Å². The minimum atomic E-state index is -3.75. The lowest BCUT2D eigenvalue weighted by Crippen LogP contribution is -2.37. The van der Waals surface area contributed by atoms with Gasteiger partial charge in [0.05, 0.1) is 4.90 Å². The van der Waals surface area contributed by atoms with Crippen molar-refractivity contribution >= 4 is 16.0 Å². The molecule has 110 valence electrons. The fraction of sp³-hybridized carbons (Fsp3) is 0.500. The average Bonchev–Trinajstić information content (AvgIpc) is 3.10. The van der Waals surface area contributed by atoms with E-state index >= 15 is 0 Å². The summed E-state index contributed by atoms with van der Waals surface area (Å²) >= 11 is 0. The van der Waals surface area contributed by atoms with Crippen molar-refractivity contribution in [3.05, 3.63) is 29.3 Å². The van der Waals surface area contributed by atoms with Crippen LogP contribution in [0.3, 0.4) is 0 Å². The summed E-state index contributed by atoms with van der Waals surface area (Å²) in [6.45, 7) is 3.44. The molecule has 0 spiro atoms. The first-order valence-electron chi connectivity index (χ1n) is 6.60. The Labute approximate surface area is 119 Å². The molecule has 0 amide bonds. The molecule has 0 aromatic heterocycles. The molecular weight excluding hydrogens is 278 g/mol. The Morgan fingerprint density at radius 1 is 1.35 bits per heavy atom. The number of aliphatic carboxylic acids is 1. The number of carbonyl (C=O) groups is 1. The third-order valence-corrected chi connectivity index (χ3v) is 5.39. The Balaban J connectivity index is 2.35. The Bertz CT molecular complexity index is 620. The topological polar surface area (TPSA) is 74.7 Å². The highest BCUT2D eigenvalue weighted by atomic mass is 32.2. The lowest BCUT2D eigenvalue weighted by atomic mass is 10.2. The lowest BCUT2D eigenvalue weighted by molar-refractivity contribution is -0.137. The second-order valence-electron chi connectivity index (χ2n) is 5.40. The van der Waals surface area contributed by atoms with Gasteiger partial charge in [-0.3, -0.25) is 4.79 Å². The summed E-state index contributed by atoms with van der Waals surface area (Å²) in [5, 5.41) is 8.93. The highest BCUT2D eigenvalue weighted by Crippen LogP contribution is 2.32. The summed E-state index contributed by atoms with van der Waals surface area (Å²) in [5.74, 6) is -0.825. The molecule has 0 saturated heterocycles. The Morgan fingerprint density at radius 3 is 2.50 bits per heavy atom. The van der Waals surface area contributed by atoms with Crippen LogP contribution in [0.2, 0.25) is 0 Å². The normalized spacial score (nSPS) is 15.6. The maximum Gasteiger partial charge on any atom is 0.318 e. The van der Waals surface area contributed by atoms with Crippen molar-refractivity contribution in [2.75, 3.05) is 13.1 Å². The number of sulfonamides is 1. The first-order chi connectivity index (χ1) is 9.30. The van der Waals surface area contributed by atoms with Crippen LogP contribution in [-0.4, -0.2) is 36.9 Å². The number of benzene rings is 1. The highest BCUT2D eigenvalue weighted by Gasteiger charge is 2.33. The van der Waals surface area contributed by atoms with Crippen LogP contribution < -0.4 is 0 Å². The first kappa shape index (κ1) is 15.0. The van der Waals surface area contributed by atoms with Gasteiger partial charge in [-0.15, -0.1) is 0 Å². The molecule has 1 fully saturated rings. The summed E-state index contributed by atoms with van der Waals surface area (Å²) in [6.07, 6.45) is 1.94. The zero-order valence-corrected chi connectivity index (χ0v) is 12.5. The van der Waals surface area contributed by atoms with E-state index in [0.717, 1.165) is 22.7 Å². The zero-order chi connectivity index (χ0) is 14.9. The van der Waals surface area contributed by atoms with E-state index in [1.54, 1.807) is 25.1 Å². The molecule has 1 aliphatic carbocycles. The number of carboxylic acids is 1. The number of hydrogen-bond donors (Lipinski definition) is 1. The van der Waals surface area contributed by atoms with Crippen LogP contribution in [0, 0.1) is 19.8 Å². The van der Waals surface area contributed by atoms with Gasteiger partial charge in [-0.25, -0.2) is 8.42 Å². The molecule has 1 aliphatic rings. The van der Waals surface area contributed by atoms with Crippen LogP contribution in [0.15, 0.2) is 23.1 Å². The highest BCUT2D eigenvalue weighted by molar-refractivity contribution is 7.89. The fourth-order valence-corrected chi connectivity index (χ4v) is 3.89. The SMILES string of the molecule is Cc1ccc(S(=O)(=O)N(CC(=O)O)CC2CC2)c(C)c1. The molecule has 0 bridgehead atoms. The smallest absolute Gasteiger partial charge is 0.318 e. The molecule has 0 atom stereocenters. The van der Waals surface area contributed by atoms with E-state index in [4.69, 9.17) is 5.11 Å². The van der Waals surface area contributed by atoms with Gasteiger partial charge in [0, 0.05) is 6.54 Å². The number of rotatable bonds is 6. The minimum absolute atomic E-state index is 0.199. The van der Waals surface area contributed by atoms with E-state index in [-0.39, 0.29) is 4.90 Å². The minimum Gasteiger partial charge on any atom is -0.480 e. The van der Waals surface area contributed by atoms with Gasteiger partial charge in [0.25, 0.3) is 0 Å². The van der Waals surface area contributed by atoms with Crippen molar-refractivity contribution in [2.45, 2.75) is 31.6 Å². The molecule has 1 saturated carbocycles. The molecule has 1 aromatic rings. The molecule has 0 unspecified atom stereocenters. The quantitative estimate of drug-likeness (QED) is 0.868. The molecule has 20 heavy (non-hydrogen) atoms. The van der Waals surface area contributed by atoms with Crippen molar-refractivity contribution in [2.24, 2.45) is 5.92 Å². The molecule has 5 nitrogen and oxygen atoms in total. The van der Waals surface area contributed by atoms with Gasteiger partial charge in [0.2, 0.25) is 10.0 Å². The molecule has 2 rings (SSSR count). The van der Waals surface area contributed by atoms with Crippen molar-refractivity contribution in [1.29, 1.82) is 0 Å². The first-order valence-corrected chi connectivity index (χ1v) is 8.04. The number of carboxylic acid groups (broad SMARTS) is 1. The maximum absolute atomic E-state index is 12.6. The van der Waals surface area contributed by atoms with Crippen LogP contribution >= 0.6 is 0 Å². The summed E-state index contributed by atoms with van der Waals surface area (Å²) in [6, 6.07) is 5.08. The monoisotopic (exact) mass is 297 g/mol. The third kappa shape index (κ3) is 3.37. The van der Waals surface area contributed by atoms with Crippen LogP contribution in [0.25, 0.3) is 0 Å². The van der Waals surface area contributed by atoms with E-state index in [2.05, 4.69) is 0 Å². The molecule has 6 heteroatoms. The van der Waals surface area contributed by atoms with Gasteiger partial charge >= 0.3 is 5.97 Å². The lowest BCUT2D eigenvalue weighted by Gasteiger charge is -2.21. The Hall–Kier alpha value is -1.40. The van der Waals surface area contributed by atoms with Crippen LogP contribution in [0.4, 0.5) is 0 Å². The van der Waals surface area contributed by atoms with Crippen LogP contribution in [0.5, 0.6) is 0 Å². The summed E-state index contributed by atoms with van der Waals surface area (Å²) in [7, 11) is -3.75. The molecule has 0 aliphatic heterocycles. The molecule has 1 aromatic carbocycles. The zero-order valence-electron chi connectivity index (χ0n) is 11.7. The second-order valence-corrected chi connectivity index (χ2v) is 7.31. The standard InChI is InChI=1S/C14H19NO4S/c1-10-3-6-13(11(2)7-10)20(18,19)15(9-14(16)17)8-12-4-5-12/h3,6-7,12H,4-5,8-9H2,1-2H3,(H,16,17). The number of nitrogens with zero attached hydrogens (tertiary/aromatic N) is 1. The van der Waals surface area contributed by atoms with Gasteiger partial charge in [0.15, 0.2) is 0 Å². The summed E-state index contributed by atoms with van der Waals surface area (Å²) in [5.41, 5.74) is 1.63. The number of aryl methyl sites for hydroxylation is 2. The van der Waals surface area contributed by atoms with E-state index in [9.17, 15) is 13.2 Å². The van der Waals surface area contributed by atoms with Crippen molar-refractivity contribution in [1.82, 2.24) is 4.31 Å². The Morgan fingerprint density at radius 2 is 2.00 bits per heavy atom. The van der Waals surface area contributed by atoms with Gasteiger partial charge in [-0.2, -0.15) is 4.31 Å². The molecule has 0 radical (unpaired) electrons. The van der Waals surface area contributed by atoms with Gasteiger partial charge in [0.1, 0.15) is 6.54 Å². The molecular formula is C14H19NO4S. The van der Waals surface area contributed by atoms with Crippen molar-refractivity contribution < 1.29 is 18.3 Å². The summed E-state index contributed by atoms with van der Waals surface area (Å²) < 4.78 is 26.3. The largest absolute Gasteiger partial charge is 0.480 e. The van der Waals surface area contributed by atoms with Crippen molar-refractivity contribution in [3.8, 4) is 0 Å². The van der Waals surface area contributed by atoms with Gasteiger partial charge < -0.3 is 5.11 Å². The molecule has 0 heterocycles. The molecule has 1 N–H and O–H groups in total. The van der Waals surface area contributed by atoms with Gasteiger partial charge in [-0.1, -0.05) is 17.7 Å². The number of hydrogen-bond acceptors (Lipinski definition) is 3. The summed E-state index contributed by atoms with van der Waals surface area (Å²) in [4.78, 5) is 11.1. The van der Waals surface area contributed by atoms with E-state index in [1.807, 2.05) is 6.92 Å². The van der Waals surface area contributed by atoms with E-state index < -0.39 is 22.5 Å². The maximum atomic E-state index is 12.6.